The molecule has 0 unspecified atom stereocenters. The van der Waals surface area contributed by atoms with Crippen LogP contribution in [0.1, 0.15) is 27.2 Å². The number of hydrogen-bond donors (Lipinski definition) is 2. The van der Waals surface area contributed by atoms with Gasteiger partial charge in [0.2, 0.25) is 10.0 Å². The summed E-state index contributed by atoms with van der Waals surface area (Å²) >= 11 is 0. The summed E-state index contributed by atoms with van der Waals surface area (Å²) in [5.74, 6) is 0. The molecule has 2 aromatic rings. The van der Waals surface area contributed by atoms with Gasteiger partial charge in [0.15, 0.2) is 0 Å². The van der Waals surface area contributed by atoms with Crippen LogP contribution in [0.25, 0.3) is 10.8 Å². The van der Waals surface area contributed by atoms with Crippen molar-refractivity contribution in [3.05, 3.63) is 36.7 Å². The third-order valence-corrected chi connectivity index (χ3v) is 4.98. The van der Waals surface area contributed by atoms with Gasteiger partial charge in [0.1, 0.15) is 0 Å². The first-order chi connectivity index (χ1) is 10.2. The van der Waals surface area contributed by atoms with E-state index in [1.165, 1.54) is 0 Å². The van der Waals surface area contributed by atoms with E-state index in [0.29, 0.717) is 11.8 Å². The zero-order valence-electron chi connectivity index (χ0n) is 13.1. The van der Waals surface area contributed by atoms with Crippen molar-refractivity contribution >= 4 is 20.8 Å². The normalized spacial score (nSPS) is 14.2. The standard InChI is InChI=1S/C16H22N2O3S/c1-12(19)9-16(2,3)11-18-22(20,21)15-6-4-5-13-10-17-8-7-14(13)15/h4-8,10,12,18-19H,9,11H2,1-3H3/t12-/m0/s1. The van der Waals surface area contributed by atoms with Gasteiger partial charge in [-0.25, -0.2) is 13.1 Å². The molecule has 1 atom stereocenters. The molecule has 0 saturated heterocycles. The lowest BCUT2D eigenvalue weighted by Crippen LogP contribution is -2.35. The van der Waals surface area contributed by atoms with E-state index in [1.54, 1.807) is 37.5 Å². The summed E-state index contributed by atoms with van der Waals surface area (Å²) in [6.07, 6.45) is 3.28. The summed E-state index contributed by atoms with van der Waals surface area (Å²) in [4.78, 5) is 4.26. The van der Waals surface area contributed by atoms with Crippen molar-refractivity contribution in [2.75, 3.05) is 6.54 Å². The fourth-order valence-corrected chi connectivity index (χ4v) is 4.04. The molecule has 5 nitrogen and oxygen atoms in total. The minimum Gasteiger partial charge on any atom is -0.393 e. The second-order valence-electron chi connectivity index (χ2n) is 6.39. The van der Waals surface area contributed by atoms with Crippen LogP contribution in [0.2, 0.25) is 0 Å². The van der Waals surface area contributed by atoms with Gasteiger partial charge in [-0.05, 0) is 30.9 Å². The molecule has 1 aromatic heterocycles. The quantitative estimate of drug-likeness (QED) is 0.855. The zero-order chi connectivity index (χ0) is 16.4. The van der Waals surface area contributed by atoms with Crippen LogP contribution in [0, 0.1) is 5.41 Å². The summed E-state index contributed by atoms with van der Waals surface area (Å²) in [6.45, 7) is 5.82. The third-order valence-electron chi connectivity index (χ3n) is 3.52. The summed E-state index contributed by atoms with van der Waals surface area (Å²) < 4.78 is 27.8. The average Bonchev–Trinajstić information content (AvgIpc) is 2.43. The summed E-state index contributed by atoms with van der Waals surface area (Å²) in [6, 6.07) is 6.83. The lowest BCUT2D eigenvalue weighted by atomic mass is 9.87. The zero-order valence-corrected chi connectivity index (χ0v) is 13.9. The Kier molecular flexibility index (Phi) is 4.84. The number of aromatic nitrogens is 1. The molecule has 0 fully saturated rings. The lowest BCUT2D eigenvalue weighted by Gasteiger charge is -2.26. The Hall–Kier alpha value is -1.50. The number of benzene rings is 1. The first-order valence-corrected chi connectivity index (χ1v) is 8.70. The minimum atomic E-state index is -3.62. The number of pyridine rings is 1. The second kappa shape index (κ2) is 6.32. The Morgan fingerprint density at radius 3 is 2.73 bits per heavy atom. The summed E-state index contributed by atoms with van der Waals surface area (Å²) in [5.41, 5.74) is -0.326. The van der Waals surface area contributed by atoms with Gasteiger partial charge in [-0.1, -0.05) is 26.0 Å². The molecule has 1 aromatic carbocycles. The number of aliphatic hydroxyl groups excluding tert-OH is 1. The van der Waals surface area contributed by atoms with Gasteiger partial charge >= 0.3 is 0 Å². The van der Waals surface area contributed by atoms with E-state index in [-0.39, 0.29) is 16.9 Å². The molecule has 120 valence electrons. The molecule has 1 heterocycles. The van der Waals surface area contributed by atoms with Crippen LogP contribution in [0.15, 0.2) is 41.6 Å². The Morgan fingerprint density at radius 2 is 2.05 bits per heavy atom. The van der Waals surface area contributed by atoms with E-state index in [9.17, 15) is 13.5 Å². The van der Waals surface area contributed by atoms with Crippen LogP contribution in [-0.2, 0) is 10.0 Å². The summed E-state index contributed by atoms with van der Waals surface area (Å²) in [7, 11) is -3.62. The van der Waals surface area contributed by atoms with Crippen LogP contribution in [0.3, 0.4) is 0 Å². The molecule has 0 saturated carbocycles. The number of hydrogen-bond acceptors (Lipinski definition) is 4. The monoisotopic (exact) mass is 322 g/mol. The molecule has 6 heteroatoms. The average molecular weight is 322 g/mol. The van der Waals surface area contributed by atoms with E-state index < -0.39 is 16.1 Å². The largest absolute Gasteiger partial charge is 0.393 e. The van der Waals surface area contributed by atoms with Crippen molar-refractivity contribution in [3.8, 4) is 0 Å². The highest BCUT2D eigenvalue weighted by Gasteiger charge is 2.24. The second-order valence-corrected chi connectivity index (χ2v) is 8.13. The van der Waals surface area contributed by atoms with Crippen LogP contribution < -0.4 is 4.72 Å². The van der Waals surface area contributed by atoms with E-state index >= 15 is 0 Å². The van der Waals surface area contributed by atoms with Crippen molar-refractivity contribution in [2.24, 2.45) is 5.41 Å². The molecule has 0 aliphatic carbocycles. The van der Waals surface area contributed by atoms with Gasteiger partial charge in [0.25, 0.3) is 0 Å². The molecule has 0 amide bonds. The topological polar surface area (TPSA) is 79.3 Å². The SMILES string of the molecule is C[C@H](O)CC(C)(C)CNS(=O)(=O)c1cccc2cnccc12. The highest BCUT2D eigenvalue weighted by Crippen LogP contribution is 2.25. The van der Waals surface area contributed by atoms with Gasteiger partial charge in [-0.2, -0.15) is 0 Å². The van der Waals surface area contributed by atoms with Gasteiger partial charge in [0.05, 0.1) is 11.0 Å². The molecule has 0 bridgehead atoms. The Balaban J connectivity index is 2.27. The summed E-state index contributed by atoms with van der Waals surface area (Å²) in [5, 5.41) is 10.9. The van der Waals surface area contributed by atoms with Crippen molar-refractivity contribution < 1.29 is 13.5 Å². The number of aliphatic hydroxyl groups is 1. The number of nitrogens with one attached hydrogen (secondary N) is 1. The maximum Gasteiger partial charge on any atom is 0.241 e. The predicted octanol–water partition coefficient (Wildman–Crippen LogP) is 2.31. The van der Waals surface area contributed by atoms with Crippen LogP contribution in [0.4, 0.5) is 0 Å². The van der Waals surface area contributed by atoms with Crippen molar-refractivity contribution in [3.63, 3.8) is 0 Å². The van der Waals surface area contributed by atoms with Gasteiger partial charge < -0.3 is 5.11 Å². The Morgan fingerprint density at radius 1 is 1.32 bits per heavy atom. The Labute approximate surface area is 131 Å². The van der Waals surface area contributed by atoms with Gasteiger partial charge in [-0.15, -0.1) is 0 Å². The predicted molar refractivity (Wildman–Crippen MR) is 87.0 cm³/mol. The first kappa shape index (κ1) is 16.9. The van der Waals surface area contributed by atoms with Crippen LogP contribution >= 0.6 is 0 Å². The smallest absolute Gasteiger partial charge is 0.241 e. The lowest BCUT2D eigenvalue weighted by molar-refractivity contribution is 0.131. The van der Waals surface area contributed by atoms with Gasteiger partial charge in [0, 0.05) is 29.7 Å². The molecule has 0 aliphatic heterocycles. The van der Waals surface area contributed by atoms with Crippen molar-refractivity contribution in [1.82, 2.24) is 9.71 Å². The number of sulfonamides is 1. The molecule has 0 radical (unpaired) electrons. The maximum absolute atomic E-state index is 12.6. The molecule has 0 aliphatic rings. The fraction of sp³-hybridized carbons (Fsp3) is 0.438. The molecule has 2 N–H and O–H groups in total. The van der Waals surface area contributed by atoms with E-state index in [1.807, 2.05) is 19.9 Å². The molecule has 22 heavy (non-hydrogen) atoms. The molecule has 2 rings (SSSR count). The number of rotatable bonds is 6. The van der Waals surface area contributed by atoms with Gasteiger partial charge in [-0.3, -0.25) is 4.98 Å². The van der Waals surface area contributed by atoms with Crippen LogP contribution in [-0.4, -0.2) is 31.2 Å². The minimum absolute atomic E-state index is 0.250. The first-order valence-electron chi connectivity index (χ1n) is 7.22. The highest BCUT2D eigenvalue weighted by atomic mass is 32.2. The van der Waals surface area contributed by atoms with E-state index in [2.05, 4.69) is 9.71 Å². The number of nitrogens with zero attached hydrogens (tertiary/aromatic N) is 1. The molecule has 0 spiro atoms. The molecular weight excluding hydrogens is 300 g/mol. The third kappa shape index (κ3) is 4.03. The van der Waals surface area contributed by atoms with E-state index in [0.717, 1.165) is 5.39 Å². The maximum atomic E-state index is 12.6. The fourth-order valence-electron chi connectivity index (χ4n) is 2.57. The van der Waals surface area contributed by atoms with Crippen LogP contribution in [0.5, 0.6) is 0 Å². The molecular formula is C16H22N2O3S. The van der Waals surface area contributed by atoms with E-state index in [4.69, 9.17) is 0 Å². The number of fused-ring (bicyclic) bond motifs is 1. The highest BCUT2D eigenvalue weighted by molar-refractivity contribution is 7.89. The van der Waals surface area contributed by atoms with Crippen molar-refractivity contribution in [1.29, 1.82) is 0 Å². The Bertz CT molecular complexity index is 750. The van der Waals surface area contributed by atoms with Crippen molar-refractivity contribution in [2.45, 2.75) is 38.2 Å².